The van der Waals surface area contributed by atoms with Gasteiger partial charge in [0.2, 0.25) is 0 Å². The molecule has 0 bridgehead atoms. The number of urea groups is 1. The van der Waals surface area contributed by atoms with Crippen molar-refractivity contribution in [3.05, 3.63) is 89.7 Å². The molecule has 3 amide bonds. The van der Waals surface area contributed by atoms with E-state index in [0.29, 0.717) is 42.9 Å². The quantitative estimate of drug-likeness (QED) is 0.375. The maximum Gasteiger partial charge on any atom is 0.336 e. The van der Waals surface area contributed by atoms with Gasteiger partial charge < -0.3 is 4.74 Å². The molecular formula is C31H31FN4O3. The molecule has 2 saturated heterocycles. The molecule has 0 aliphatic carbocycles. The molecule has 2 aliphatic rings. The number of ether oxygens (including phenoxy) is 1. The topological polar surface area (TPSA) is 76.9 Å². The van der Waals surface area contributed by atoms with Crippen molar-refractivity contribution in [2.24, 2.45) is 0 Å². The maximum atomic E-state index is 14.3. The number of anilines is 2. The zero-order valence-corrected chi connectivity index (χ0v) is 22.3. The van der Waals surface area contributed by atoms with Gasteiger partial charge in [0, 0.05) is 24.8 Å². The first kappa shape index (κ1) is 26.4. The van der Waals surface area contributed by atoms with E-state index in [2.05, 4.69) is 24.0 Å². The fraction of sp³-hybridized carbons (Fsp3) is 0.323. The van der Waals surface area contributed by atoms with Crippen LogP contribution in [-0.4, -0.2) is 41.1 Å². The van der Waals surface area contributed by atoms with Crippen molar-refractivity contribution in [2.75, 3.05) is 16.3 Å². The predicted octanol–water partition coefficient (Wildman–Crippen LogP) is 5.88. The average Bonchev–Trinajstić information content (AvgIpc) is 3.11. The lowest BCUT2D eigenvalue weighted by atomic mass is 9.81. The van der Waals surface area contributed by atoms with Crippen LogP contribution in [0.5, 0.6) is 5.75 Å². The van der Waals surface area contributed by atoms with Crippen LogP contribution in [0.25, 0.3) is 0 Å². The van der Waals surface area contributed by atoms with Gasteiger partial charge in [-0.1, -0.05) is 24.3 Å². The molecule has 0 saturated carbocycles. The lowest BCUT2D eigenvalue weighted by molar-refractivity contribution is -0.123. The fourth-order valence-electron chi connectivity index (χ4n) is 5.71. The molecule has 0 N–H and O–H groups in total. The summed E-state index contributed by atoms with van der Waals surface area (Å²) in [7, 11) is 0. The van der Waals surface area contributed by atoms with Gasteiger partial charge in [0.1, 0.15) is 17.1 Å². The van der Waals surface area contributed by atoms with E-state index in [9.17, 15) is 19.2 Å². The third-order valence-electron chi connectivity index (χ3n) is 7.44. The molecule has 2 atom stereocenters. The molecular weight excluding hydrogens is 495 g/mol. The molecule has 5 rings (SSSR count). The number of hydrogen-bond donors (Lipinski definition) is 0. The fourth-order valence-corrected chi connectivity index (χ4v) is 5.71. The van der Waals surface area contributed by atoms with Crippen LogP contribution in [-0.2, 0) is 11.3 Å². The Bertz CT molecular complexity index is 1450. The molecule has 8 heteroatoms. The van der Waals surface area contributed by atoms with Crippen molar-refractivity contribution < 1.29 is 18.7 Å². The number of nitrogens with zero attached hydrogens (tertiary/aromatic N) is 4. The highest BCUT2D eigenvalue weighted by molar-refractivity contribution is 6.30. The summed E-state index contributed by atoms with van der Waals surface area (Å²) in [6.07, 6.45) is 0.838. The number of rotatable bonds is 6. The standard InChI is InChI=1S/C31H31FN4O3/c1-21(2)39-28-12-5-8-24(16-28)20-34-14-13-31(18-22(34)3)29(37)35(26-10-4-7-23(15-26)19-33)30(38)36(31)27-11-6-9-25(32)17-27/h4-12,15-17,21-22H,13-14,18,20H2,1-3H3/t22-,31+/m0/s1. The molecule has 0 radical (unpaired) electrons. The second-order valence-corrected chi connectivity index (χ2v) is 10.5. The lowest BCUT2D eigenvalue weighted by Gasteiger charge is -2.45. The third-order valence-corrected chi connectivity index (χ3v) is 7.44. The Morgan fingerprint density at radius 2 is 1.79 bits per heavy atom. The number of imide groups is 1. The van der Waals surface area contributed by atoms with Crippen LogP contribution in [0, 0.1) is 17.1 Å². The lowest BCUT2D eigenvalue weighted by Crippen LogP contribution is -2.59. The summed E-state index contributed by atoms with van der Waals surface area (Å²) in [5.74, 6) is -0.0276. The monoisotopic (exact) mass is 526 g/mol. The van der Waals surface area contributed by atoms with Crippen molar-refractivity contribution in [2.45, 2.75) is 57.8 Å². The van der Waals surface area contributed by atoms with Gasteiger partial charge in [-0.3, -0.25) is 14.6 Å². The van der Waals surface area contributed by atoms with Crippen molar-refractivity contribution in [3.63, 3.8) is 0 Å². The van der Waals surface area contributed by atoms with E-state index in [1.165, 1.54) is 23.1 Å². The number of piperidine rings is 1. The number of carbonyl (C=O) groups is 2. The van der Waals surface area contributed by atoms with Gasteiger partial charge in [-0.2, -0.15) is 5.26 Å². The Labute approximate surface area is 228 Å². The maximum absolute atomic E-state index is 14.3. The Hall–Kier alpha value is -4.22. The Morgan fingerprint density at radius 1 is 1.05 bits per heavy atom. The van der Waals surface area contributed by atoms with Crippen LogP contribution in [0.15, 0.2) is 72.8 Å². The summed E-state index contributed by atoms with van der Waals surface area (Å²) < 4.78 is 20.2. The number of amides is 3. The summed E-state index contributed by atoms with van der Waals surface area (Å²) in [6.45, 7) is 7.26. The predicted molar refractivity (Wildman–Crippen MR) is 147 cm³/mol. The highest BCUT2D eigenvalue weighted by Gasteiger charge is 2.60. The highest BCUT2D eigenvalue weighted by Crippen LogP contribution is 2.44. The van der Waals surface area contributed by atoms with Gasteiger partial charge in [0.25, 0.3) is 5.91 Å². The van der Waals surface area contributed by atoms with E-state index in [1.807, 2.05) is 32.0 Å². The van der Waals surface area contributed by atoms with E-state index < -0.39 is 17.4 Å². The normalized spacial score (nSPS) is 21.6. The summed E-state index contributed by atoms with van der Waals surface area (Å²) in [4.78, 5) is 33.0. The zero-order valence-electron chi connectivity index (χ0n) is 22.3. The van der Waals surface area contributed by atoms with E-state index in [0.717, 1.165) is 16.2 Å². The van der Waals surface area contributed by atoms with Crippen molar-refractivity contribution >= 4 is 23.3 Å². The highest BCUT2D eigenvalue weighted by atomic mass is 19.1. The van der Waals surface area contributed by atoms with Crippen LogP contribution in [0.1, 0.15) is 44.7 Å². The van der Waals surface area contributed by atoms with E-state index in [1.54, 1.807) is 30.3 Å². The van der Waals surface area contributed by atoms with Crippen LogP contribution in [0.3, 0.4) is 0 Å². The van der Waals surface area contributed by atoms with E-state index >= 15 is 0 Å². The van der Waals surface area contributed by atoms with E-state index in [4.69, 9.17) is 4.74 Å². The first-order chi connectivity index (χ1) is 18.7. The second kappa shape index (κ2) is 10.5. The number of halogens is 1. The molecule has 2 heterocycles. The van der Waals surface area contributed by atoms with Gasteiger partial charge >= 0.3 is 6.03 Å². The number of carbonyl (C=O) groups excluding carboxylic acids is 2. The molecule has 39 heavy (non-hydrogen) atoms. The number of nitriles is 1. The van der Waals surface area contributed by atoms with Crippen LogP contribution >= 0.6 is 0 Å². The summed E-state index contributed by atoms with van der Waals surface area (Å²) >= 11 is 0. The van der Waals surface area contributed by atoms with Crippen molar-refractivity contribution in [1.82, 2.24) is 4.90 Å². The van der Waals surface area contributed by atoms with Gasteiger partial charge in [-0.05, 0) is 87.7 Å². The van der Waals surface area contributed by atoms with Crippen LogP contribution < -0.4 is 14.5 Å². The van der Waals surface area contributed by atoms with E-state index in [-0.39, 0.29) is 18.1 Å². The molecule has 2 fully saturated rings. The second-order valence-electron chi connectivity index (χ2n) is 10.5. The minimum Gasteiger partial charge on any atom is -0.491 e. The number of likely N-dealkylation sites (tertiary alicyclic amines) is 1. The largest absolute Gasteiger partial charge is 0.491 e. The van der Waals surface area contributed by atoms with Gasteiger partial charge in [-0.25, -0.2) is 14.1 Å². The molecule has 2 aliphatic heterocycles. The number of benzene rings is 3. The first-order valence-electron chi connectivity index (χ1n) is 13.2. The van der Waals surface area contributed by atoms with Crippen molar-refractivity contribution in [3.8, 4) is 11.8 Å². The molecule has 3 aromatic rings. The summed E-state index contributed by atoms with van der Waals surface area (Å²) in [6, 6.07) is 21.7. The molecule has 7 nitrogen and oxygen atoms in total. The molecule has 200 valence electrons. The SMILES string of the molecule is CC(C)Oc1cccc(CN2CC[C@@]3(C[C@@H]2C)C(=O)N(c2cccc(C#N)c2)C(=O)N3c2cccc(F)c2)c1. The Kier molecular flexibility index (Phi) is 7.11. The molecule has 1 spiro atoms. The first-order valence-corrected chi connectivity index (χ1v) is 13.2. The van der Waals surface area contributed by atoms with Crippen molar-refractivity contribution in [1.29, 1.82) is 5.26 Å². The van der Waals surface area contributed by atoms with Crippen LogP contribution in [0.2, 0.25) is 0 Å². The molecule has 0 aromatic heterocycles. The Balaban J connectivity index is 1.47. The van der Waals surface area contributed by atoms with Crippen LogP contribution in [0.4, 0.5) is 20.6 Å². The van der Waals surface area contributed by atoms with Gasteiger partial charge in [0.15, 0.2) is 0 Å². The third kappa shape index (κ3) is 4.98. The summed E-state index contributed by atoms with van der Waals surface area (Å²) in [5, 5.41) is 9.38. The summed E-state index contributed by atoms with van der Waals surface area (Å²) in [5.41, 5.74) is 0.942. The average molecular weight is 527 g/mol. The van der Waals surface area contributed by atoms with Gasteiger partial charge in [0.05, 0.1) is 23.4 Å². The zero-order chi connectivity index (χ0) is 27.7. The molecule has 3 aromatic carbocycles. The minimum absolute atomic E-state index is 0.0494. The van der Waals surface area contributed by atoms with Gasteiger partial charge in [-0.15, -0.1) is 0 Å². The Morgan fingerprint density at radius 3 is 2.51 bits per heavy atom. The molecule has 0 unspecified atom stereocenters. The smallest absolute Gasteiger partial charge is 0.336 e. The number of hydrogen-bond acceptors (Lipinski definition) is 5. The minimum atomic E-state index is -1.17.